The minimum absolute atomic E-state index is 0.282. The van der Waals surface area contributed by atoms with Crippen LogP contribution >= 0.6 is 0 Å². The third-order valence-electron chi connectivity index (χ3n) is 1.48. The maximum atomic E-state index is 12.5. The van der Waals surface area contributed by atoms with Gasteiger partial charge in [-0.15, -0.1) is 0 Å². The highest BCUT2D eigenvalue weighted by molar-refractivity contribution is 7.89. The molecular formula is C9H10FNO4S. The largest absolute Gasteiger partial charge is 0.484 e. The summed E-state index contributed by atoms with van der Waals surface area (Å²) in [6.45, 7) is -0.446. The SMILES string of the molecule is CS(=O)(=O)NC(=O)COc1ccc(F)cc1. The second kappa shape index (κ2) is 4.93. The van der Waals surface area contributed by atoms with Crippen molar-refractivity contribution < 1.29 is 22.3 Å². The molecule has 0 saturated carbocycles. The summed E-state index contributed by atoms with van der Waals surface area (Å²) in [4.78, 5) is 11.0. The molecule has 1 amide bonds. The van der Waals surface area contributed by atoms with Crippen LogP contribution in [-0.2, 0) is 14.8 Å². The van der Waals surface area contributed by atoms with Gasteiger partial charge in [-0.05, 0) is 24.3 Å². The molecule has 0 heterocycles. The van der Waals surface area contributed by atoms with E-state index < -0.39 is 28.4 Å². The molecular weight excluding hydrogens is 237 g/mol. The Morgan fingerprint density at radius 3 is 2.44 bits per heavy atom. The first-order chi connectivity index (χ1) is 7.37. The Morgan fingerprint density at radius 2 is 1.94 bits per heavy atom. The molecule has 1 aromatic rings. The fourth-order valence-electron chi connectivity index (χ4n) is 0.916. The standard InChI is InChI=1S/C9H10FNO4S/c1-16(13,14)11-9(12)6-15-8-4-2-7(10)3-5-8/h2-5H,6H2,1H3,(H,11,12). The van der Waals surface area contributed by atoms with Gasteiger partial charge in [0.2, 0.25) is 10.0 Å². The summed E-state index contributed by atoms with van der Waals surface area (Å²) in [5.74, 6) is -0.926. The molecule has 1 N–H and O–H groups in total. The number of hydrogen-bond donors (Lipinski definition) is 1. The van der Waals surface area contributed by atoms with Gasteiger partial charge in [0.1, 0.15) is 11.6 Å². The number of benzene rings is 1. The Balaban J connectivity index is 2.46. The normalized spacial score (nSPS) is 10.9. The average Bonchev–Trinajstić information content (AvgIpc) is 2.14. The van der Waals surface area contributed by atoms with Crippen molar-refractivity contribution >= 4 is 15.9 Å². The molecule has 0 fully saturated rings. The molecule has 0 aromatic heterocycles. The van der Waals surface area contributed by atoms with Gasteiger partial charge in [-0.1, -0.05) is 0 Å². The van der Waals surface area contributed by atoms with E-state index >= 15 is 0 Å². The van der Waals surface area contributed by atoms with E-state index in [1.807, 2.05) is 0 Å². The van der Waals surface area contributed by atoms with E-state index in [0.29, 0.717) is 0 Å². The van der Waals surface area contributed by atoms with Crippen molar-refractivity contribution in [3.8, 4) is 5.75 Å². The van der Waals surface area contributed by atoms with Gasteiger partial charge in [0.25, 0.3) is 5.91 Å². The van der Waals surface area contributed by atoms with Crippen molar-refractivity contribution in [2.75, 3.05) is 12.9 Å². The topological polar surface area (TPSA) is 72.5 Å². The second-order valence-electron chi connectivity index (χ2n) is 3.04. The Labute approximate surface area is 92.3 Å². The van der Waals surface area contributed by atoms with E-state index in [4.69, 9.17) is 4.74 Å². The number of sulfonamides is 1. The summed E-state index contributed by atoms with van der Waals surface area (Å²) >= 11 is 0. The Morgan fingerprint density at radius 1 is 1.38 bits per heavy atom. The summed E-state index contributed by atoms with van der Waals surface area (Å²) in [5.41, 5.74) is 0. The predicted molar refractivity (Wildman–Crippen MR) is 54.9 cm³/mol. The molecule has 1 aromatic carbocycles. The van der Waals surface area contributed by atoms with Crippen LogP contribution in [0.4, 0.5) is 4.39 Å². The molecule has 0 aliphatic carbocycles. The zero-order valence-electron chi connectivity index (χ0n) is 8.44. The van der Waals surface area contributed by atoms with Crippen LogP contribution in [0.5, 0.6) is 5.75 Å². The van der Waals surface area contributed by atoms with Gasteiger partial charge in [-0.2, -0.15) is 0 Å². The molecule has 0 saturated heterocycles. The number of hydrogen-bond acceptors (Lipinski definition) is 4. The fraction of sp³-hybridized carbons (Fsp3) is 0.222. The van der Waals surface area contributed by atoms with Crippen LogP contribution in [0.2, 0.25) is 0 Å². The summed E-state index contributed by atoms with van der Waals surface area (Å²) in [5, 5.41) is 0. The summed E-state index contributed by atoms with van der Waals surface area (Å²) in [6, 6.07) is 5.01. The van der Waals surface area contributed by atoms with Crippen LogP contribution in [0.15, 0.2) is 24.3 Å². The lowest BCUT2D eigenvalue weighted by Crippen LogP contribution is -2.33. The Bertz CT molecular complexity index is 469. The number of rotatable bonds is 4. The average molecular weight is 247 g/mol. The van der Waals surface area contributed by atoms with Crippen molar-refractivity contribution in [3.63, 3.8) is 0 Å². The molecule has 1 rings (SSSR count). The first kappa shape index (κ1) is 12.4. The van der Waals surface area contributed by atoms with Crippen LogP contribution in [-0.4, -0.2) is 27.2 Å². The molecule has 0 unspecified atom stereocenters. The molecule has 0 atom stereocenters. The predicted octanol–water partition coefficient (Wildman–Crippen LogP) is 0.280. The van der Waals surface area contributed by atoms with Gasteiger partial charge < -0.3 is 4.74 Å². The first-order valence-electron chi connectivity index (χ1n) is 4.26. The van der Waals surface area contributed by atoms with Crippen LogP contribution in [0.1, 0.15) is 0 Å². The second-order valence-corrected chi connectivity index (χ2v) is 4.79. The quantitative estimate of drug-likeness (QED) is 0.829. The first-order valence-corrected chi connectivity index (χ1v) is 6.15. The van der Waals surface area contributed by atoms with Crippen LogP contribution in [0.25, 0.3) is 0 Å². The smallest absolute Gasteiger partial charge is 0.271 e. The van der Waals surface area contributed by atoms with E-state index in [9.17, 15) is 17.6 Å². The molecule has 0 aliphatic rings. The highest BCUT2D eigenvalue weighted by Gasteiger charge is 2.08. The fourth-order valence-corrected chi connectivity index (χ4v) is 1.39. The molecule has 5 nitrogen and oxygen atoms in total. The molecule has 16 heavy (non-hydrogen) atoms. The van der Waals surface area contributed by atoms with Crippen LogP contribution in [0, 0.1) is 5.82 Å². The molecule has 7 heteroatoms. The number of nitrogens with one attached hydrogen (secondary N) is 1. The molecule has 0 spiro atoms. The maximum absolute atomic E-state index is 12.5. The van der Waals surface area contributed by atoms with Gasteiger partial charge in [-0.25, -0.2) is 12.8 Å². The lowest BCUT2D eigenvalue weighted by molar-refractivity contribution is -0.121. The monoisotopic (exact) mass is 247 g/mol. The van der Waals surface area contributed by atoms with Crippen LogP contribution < -0.4 is 9.46 Å². The molecule has 0 aliphatic heterocycles. The van der Waals surface area contributed by atoms with E-state index in [2.05, 4.69) is 0 Å². The number of carbonyl (C=O) groups excluding carboxylic acids is 1. The maximum Gasteiger partial charge on any atom is 0.271 e. The summed E-state index contributed by atoms with van der Waals surface area (Å²) in [6.07, 6.45) is 0.864. The number of ether oxygens (including phenoxy) is 1. The molecule has 0 bridgehead atoms. The number of amides is 1. The third-order valence-corrected chi connectivity index (χ3v) is 2.08. The van der Waals surface area contributed by atoms with Gasteiger partial charge in [0, 0.05) is 0 Å². The van der Waals surface area contributed by atoms with Gasteiger partial charge >= 0.3 is 0 Å². The lowest BCUT2D eigenvalue weighted by atomic mass is 10.3. The van der Waals surface area contributed by atoms with Crippen molar-refractivity contribution in [2.45, 2.75) is 0 Å². The number of halogens is 1. The van der Waals surface area contributed by atoms with E-state index in [1.54, 1.807) is 4.72 Å². The Hall–Kier alpha value is -1.63. The zero-order valence-corrected chi connectivity index (χ0v) is 9.25. The highest BCUT2D eigenvalue weighted by Crippen LogP contribution is 2.10. The van der Waals surface area contributed by atoms with E-state index in [0.717, 1.165) is 6.26 Å². The third kappa shape index (κ3) is 4.74. The minimum Gasteiger partial charge on any atom is -0.484 e. The minimum atomic E-state index is -3.57. The van der Waals surface area contributed by atoms with Crippen LogP contribution in [0.3, 0.4) is 0 Å². The zero-order chi connectivity index (χ0) is 12.2. The molecule has 0 radical (unpaired) electrons. The highest BCUT2D eigenvalue weighted by atomic mass is 32.2. The van der Waals surface area contributed by atoms with Crippen molar-refractivity contribution in [1.29, 1.82) is 0 Å². The lowest BCUT2D eigenvalue weighted by Gasteiger charge is -2.05. The summed E-state index contributed by atoms with van der Waals surface area (Å²) < 4.78 is 40.5. The van der Waals surface area contributed by atoms with Gasteiger partial charge in [0.05, 0.1) is 6.26 Å². The van der Waals surface area contributed by atoms with Crippen molar-refractivity contribution in [3.05, 3.63) is 30.1 Å². The van der Waals surface area contributed by atoms with Gasteiger partial charge in [-0.3, -0.25) is 9.52 Å². The molecule has 88 valence electrons. The number of carbonyl (C=O) groups is 1. The van der Waals surface area contributed by atoms with Crippen molar-refractivity contribution in [1.82, 2.24) is 4.72 Å². The van der Waals surface area contributed by atoms with Gasteiger partial charge in [0.15, 0.2) is 6.61 Å². The van der Waals surface area contributed by atoms with Crippen molar-refractivity contribution in [2.24, 2.45) is 0 Å². The Kier molecular flexibility index (Phi) is 3.83. The van der Waals surface area contributed by atoms with E-state index in [1.165, 1.54) is 24.3 Å². The van der Waals surface area contributed by atoms with E-state index in [-0.39, 0.29) is 5.75 Å². The summed E-state index contributed by atoms with van der Waals surface area (Å²) in [7, 11) is -3.57.